The Labute approximate surface area is 161 Å². The Morgan fingerprint density at radius 1 is 1.14 bits per heavy atom. The van der Waals surface area contributed by atoms with Gasteiger partial charge in [0.15, 0.2) is 0 Å². The first-order valence-corrected chi connectivity index (χ1v) is 8.76. The molecule has 140 valence electrons. The molecule has 6 nitrogen and oxygen atoms in total. The number of halogens is 1. The van der Waals surface area contributed by atoms with Crippen molar-refractivity contribution in [2.24, 2.45) is 0 Å². The average Bonchev–Trinajstić information content (AvgIpc) is 3.40. The summed E-state index contributed by atoms with van der Waals surface area (Å²) in [6.45, 7) is 0.357. The van der Waals surface area contributed by atoms with Crippen molar-refractivity contribution in [1.29, 1.82) is 0 Å². The Hall–Kier alpha value is -3.74. The molecule has 0 aliphatic rings. The fraction of sp³-hybridized carbons (Fsp3) is 0.0952. The summed E-state index contributed by atoms with van der Waals surface area (Å²) in [6.07, 6.45) is 5.15. The van der Waals surface area contributed by atoms with Crippen LogP contribution >= 0.6 is 0 Å². The van der Waals surface area contributed by atoms with E-state index in [0.717, 1.165) is 22.5 Å². The molecule has 2 aromatic carbocycles. The van der Waals surface area contributed by atoms with Crippen LogP contribution in [0.1, 0.15) is 15.9 Å². The van der Waals surface area contributed by atoms with Gasteiger partial charge in [0.25, 0.3) is 5.91 Å². The number of carbonyl (C=O) groups excluding carboxylic acids is 1. The predicted octanol–water partition coefficient (Wildman–Crippen LogP) is 3.67. The molecule has 7 heteroatoms. The van der Waals surface area contributed by atoms with Gasteiger partial charge in [-0.3, -0.25) is 9.89 Å². The zero-order valence-corrected chi connectivity index (χ0v) is 15.2. The van der Waals surface area contributed by atoms with E-state index in [0.29, 0.717) is 12.1 Å². The molecule has 0 spiro atoms. The molecular formula is C21H18FN5O. The van der Waals surface area contributed by atoms with Crippen LogP contribution in [-0.4, -0.2) is 37.8 Å². The lowest BCUT2D eigenvalue weighted by atomic mass is 10.1. The predicted molar refractivity (Wildman–Crippen MR) is 103 cm³/mol. The van der Waals surface area contributed by atoms with Crippen LogP contribution in [0, 0.1) is 5.82 Å². The number of nitrogens with one attached hydrogen (secondary N) is 1. The highest BCUT2D eigenvalue weighted by molar-refractivity contribution is 5.97. The van der Waals surface area contributed by atoms with Gasteiger partial charge in [0.05, 0.1) is 23.1 Å². The number of hydrogen-bond acceptors (Lipinski definition) is 3. The molecule has 4 rings (SSSR count). The van der Waals surface area contributed by atoms with Crippen LogP contribution in [0.15, 0.2) is 73.2 Å². The third-order valence-corrected chi connectivity index (χ3v) is 4.49. The van der Waals surface area contributed by atoms with Crippen molar-refractivity contribution in [2.75, 3.05) is 7.05 Å². The summed E-state index contributed by atoms with van der Waals surface area (Å²) >= 11 is 0. The monoisotopic (exact) mass is 375 g/mol. The van der Waals surface area contributed by atoms with Crippen molar-refractivity contribution in [2.45, 2.75) is 6.54 Å². The van der Waals surface area contributed by atoms with E-state index in [1.807, 2.05) is 24.3 Å². The molecule has 0 bridgehead atoms. The molecule has 2 aromatic heterocycles. The first-order valence-electron chi connectivity index (χ1n) is 8.76. The van der Waals surface area contributed by atoms with Gasteiger partial charge in [0.1, 0.15) is 5.82 Å². The number of nitrogens with zero attached hydrogens (tertiary/aromatic N) is 4. The Balaban J connectivity index is 1.59. The molecule has 0 fully saturated rings. The number of hydrogen-bond donors (Lipinski definition) is 1. The Morgan fingerprint density at radius 2 is 1.93 bits per heavy atom. The second-order valence-corrected chi connectivity index (χ2v) is 6.41. The van der Waals surface area contributed by atoms with E-state index >= 15 is 0 Å². The highest BCUT2D eigenvalue weighted by atomic mass is 19.1. The highest BCUT2D eigenvalue weighted by Gasteiger charge is 2.19. The number of H-pyrrole nitrogens is 1. The average molecular weight is 375 g/mol. The summed E-state index contributed by atoms with van der Waals surface area (Å²) in [4.78, 5) is 14.7. The van der Waals surface area contributed by atoms with Gasteiger partial charge in [-0.1, -0.05) is 12.1 Å². The third-order valence-electron chi connectivity index (χ3n) is 4.49. The second-order valence-electron chi connectivity index (χ2n) is 6.41. The van der Waals surface area contributed by atoms with Crippen molar-refractivity contribution in [3.05, 3.63) is 90.1 Å². The fourth-order valence-corrected chi connectivity index (χ4v) is 3.10. The van der Waals surface area contributed by atoms with Gasteiger partial charge in [-0.15, -0.1) is 0 Å². The highest BCUT2D eigenvalue weighted by Crippen LogP contribution is 2.23. The summed E-state index contributed by atoms with van der Waals surface area (Å²) < 4.78 is 14.9. The zero-order valence-electron chi connectivity index (χ0n) is 15.2. The van der Waals surface area contributed by atoms with Gasteiger partial charge >= 0.3 is 0 Å². The molecule has 0 saturated carbocycles. The van der Waals surface area contributed by atoms with Gasteiger partial charge < -0.3 is 4.90 Å². The van der Waals surface area contributed by atoms with Crippen LogP contribution in [0.2, 0.25) is 0 Å². The lowest BCUT2D eigenvalue weighted by molar-refractivity contribution is 0.0785. The minimum absolute atomic E-state index is 0.127. The third kappa shape index (κ3) is 3.42. The molecule has 0 radical (unpaired) electrons. The molecule has 0 aliphatic heterocycles. The Bertz CT molecular complexity index is 1090. The molecule has 1 N–H and O–H groups in total. The van der Waals surface area contributed by atoms with Crippen LogP contribution in [0.4, 0.5) is 4.39 Å². The first-order chi connectivity index (χ1) is 13.6. The van der Waals surface area contributed by atoms with E-state index in [9.17, 15) is 9.18 Å². The smallest absolute Gasteiger partial charge is 0.256 e. The normalized spacial score (nSPS) is 10.8. The molecule has 2 heterocycles. The molecular weight excluding hydrogens is 357 g/mol. The Morgan fingerprint density at radius 3 is 2.68 bits per heavy atom. The lowest BCUT2D eigenvalue weighted by Crippen LogP contribution is -2.27. The van der Waals surface area contributed by atoms with Gasteiger partial charge in [0.2, 0.25) is 0 Å². The molecule has 1 amide bonds. The number of aromatic nitrogens is 4. The lowest BCUT2D eigenvalue weighted by Gasteiger charge is -2.19. The van der Waals surface area contributed by atoms with Crippen molar-refractivity contribution in [3.63, 3.8) is 0 Å². The summed E-state index contributed by atoms with van der Waals surface area (Å²) in [5.41, 5.74) is 3.70. The molecule has 0 aliphatic carbocycles. The Kier molecular flexibility index (Phi) is 4.72. The second kappa shape index (κ2) is 7.48. The number of rotatable bonds is 5. The summed E-state index contributed by atoms with van der Waals surface area (Å²) in [7, 11) is 1.74. The minimum atomic E-state index is -0.299. The minimum Gasteiger partial charge on any atom is -0.337 e. The topological polar surface area (TPSA) is 66.8 Å². The molecule has 4 aromatic rings. The SMILES string of the molecule is CN(Cc1cn[nH]c1-c1ccc(F)cc1)C(=O)c1ccccc1-n1cccn1. The zero-order chi connectivity index (χ0) is 19.5. The molecule has 0 atom stereocenters. The van der Waals surface area contributed by atoms with Gasteiger partial charge in [-0.25, -0.2) is 9.07 Å². The van der Waals surface area contributed by atoms with E-state index in [1.54, 1.807) is 53.4 Å². The van der Waals surface area contributed by atoms with Gasteiger partial charge in [-0.05, 0) is 42.5 Å². The maximum atomic E-state index is 13.2. The van der Waals surface area contributed by atoms with Crippen molar-refractivity contribution in [1.82, 2.24) is 24.9 Å². The quantitative estimate of drug-likeness (QED) is 0.579. The van der Waals surface area contributed by atoms with E-state index in [4.69, 9.17) is 0 Å². The van der Waals surface area contributed by atoms with E-state index in [2.05, 4.69) is 15.3 Å². The van der Waals surface area contributed by atoms with Gasteiger partial charge in [0, 0.05) is 37.1 Å². The fourth-order valence-electron chi connectivity index (χ4n) is 3.10. The number of carbonyl (C=O) groups is 1. The van der Waals surface area contributed by atoms with Crippen LogP contribution in [0.25, 0.3) is 16.9 Å². The molecule has 28 heavy (non-hydrogen) atoms. The van der Waals surface area contributed by atoms with Crippen LogP contribution in [-0.2, 0) is 6.54 Å². The van der Waals surface area contributed by atoms with E-state index in [1.165, 1.54) is 12.1 Å². The van der Waals surface area contributed by atoms with E-state index in [-0.39, 0.29) is 11.7 Å². The van der Waals surface area contributed by atoms with E-state index < -0.39 is 0 Å². The number of amides is 1. The first kappa shape index (κ1) is 17.7. The number of benzene rings is 2. The van der Waals surface area contributed by atoms with Crippen LogP contribution in [0.5, 0.6) is 0 Å². The maximum Gasteiger partial charge on any atom is 0.256 e. The largest absolute Gasteiger partial charge is 0.337 e. The van der Waals surface area contributed by atoms with Crippen LogP contribution < -0.4 is 0 Å². The van der Waals surface area contributed by atoms with Crippen molar-refractivity contribution < 1.29 is 9.18 Å². The summed E-state index contributed by atoms with van der Waals surface area (Å²) in [6, 6.07) is 15.3. The summed E-state index contributed by atoms with van der Waals surface area (Å²) in [5.74, 6) is -0.426. The van der Waals surface area contributed by atoms with Crippen molar-refractivity contribution in [3.8, 4) is 16.9 Å². The van der Waals surface area contributed by atoms with Crippen molar-refractivity contribution >= 4 is 5.91 Å². The number of para-hydroxylation sites is 1. The summed E-state index contributed by atoms with van der Waals surface area (Å²) in [5, 5.41) is 11.3. The van der Waals surface area contributed by atoms with Gasteiger partial charge in [-0.2, -0.15) is 10.2 Å². The molecule has 0 unspecified atom stereocenters. The number of aromatic amines is 1. The molecule has 0 saturated heterocycles. The standard InChI is InChI=1S/C21H18FN5O/c1-26(14-16-13-23-25-20(16)15-7-9-17(22)10-8-15)21(28)18-5-2-3-6-19(18)27-12-4-11-24-27/h2-13H,14H2,1H3,(H,23,25). The maximum absolute atomic E-state index is 13.2. The van der Waals surface area contributed by atoms with Crippen LogP contribution in [0.3, 0.4) is 0 Å².